The Balaban J connectivity index is 1.84. The predicted octanol–water partition coefficient (Wildman–Crippen LogP) is 3.58. The quantitative estimate of drug-likeness (QED) is 0.797. The summed E-state index contributed by atoms with van der Waals surface area (Å²) >= 11 is 1.38. The molecule has 0 radical (unpaired) electrons. The lowest BCUT2D eigenvalue weighted by molar-refractivity contribution is 0.0947. The molecule has 2 heterocycles. The van der Waals surface area contributed by atoms with Crippen LogP contribution in [0.1, 0.15) is 21.1 Å². The molecular weight excluding hydrogens is 313 g/mol. The molecule has 23 heavy (non-hydrogen) atoms. The number of carbonyl (C=O) groups is 1. The monoisotopic (exact) mass is 327 g/mol. The molecule has 0 saturated carbocycles. The molecule has 0 unspecified atom stereocenters. The molecule has 0 fully saturated rings. The van der Waals surface area contributed by atoms with Crippen molar-refractivity contribution in [1.82, 2.24) is 15.3 Å². The van der Waals surface area contributed by atoms with Gasteiger partial charge >= 0.3 is 0 Å². The van der Waals surface area contributed by atoms with Crippen LogP contribution in [0, 0.1) is 12.7 Å². The van der Waals surface area contributed by atoms with E-state index in [4.69, 9.17) is 0 Å². The first-order valence-electron chi connectivity index (χ1n) is 7.04. The van der Waals surface area contributed by atoms with E-state index in [1.54, 1.807) is 24.5 Å². The number of nitrogens with zero attached hydrogens (tertiary/aromatic N) is 2. The highest BCUT2D eigenvalue weighted by Gasteiger charge is 2.18. The molecule has 1 N–H and O–H groups in total. The molecule has 0 bridgehead atoms. The van der Waals surface area contributed by atoms with Crippen molar-refractivity contribution >= 4 is 17.2 Å². The molecular formula is C17H14FN3OS. The van der Waals surface area contributed by atoms with Gasteiger partial charge in [0.15, 0.2) is 0 Å². The Labute approximate surface area is 137 Å². The van der Waals surface area contributed by atoms with Gasteiger partial charge in [0.1, 0.15) is 11.5 Å². The molecule has 0 aliphatic heterocycles. The second-order valence-corrected chi connectivity index (χ2v) is 6.17. The van der Waals surface area contributed by atoms with Gasteiger partial charge in [0, 0.05) is 18.9 Å². The molecule has 0 atom stereocenters. The van der Waals surface area contributed by atoms with Crippen molar-refractivity contribution in [3.63, 3.8) is 0 Å². The van der Waals surface area contributed by atoms with E-state index in [0.717, 1.165) is 10.6 Å². The van der Waals surface area contributed by atoms with Crippen LogP contribution >= 0.6 is 11.3 Å². The summed E-state index contributed by atoms with van der Waals surface area (Å²) in [6.07, 6.45) is 3.37. The molecule has 3 rings (SSSR count). The second kappa shape index (κ2) is 6.66. The number of benzene rings is 1. The van der Waals surface area contributed by atoms with Crippen molar-refractivity contribution in [2.24, 2.45) is 0 Å². The minimum absolute atomic E-state index is 0.280. The van der Waals surface area contributed by atoms with Crippen molar-refractivity contribution in [3.8, 4) is 10.4 Å². The average molecular weight is 327 g/mol. The molecule has 3 aromatic rings. The summed E-state index contributed by atoms with van der Waals surface area (Å²) in [4.78, 5) is 21.4. The van der Waals surface area contributed by atoms with Gasteiger partial charge in [-0.25, -0.2) is 9.37 Å². The summed E-state index contributed by atoms with van der Waals surface area (Å²) in [5, 5.41) is 3.58. The first-order chi connectivity index (χ1) is 11.1. The van der Waals surface area contributed by atoms with Crippen LogP contribution in [-0.2, 0) is 6.54 Å². The minimum Gasteiger partial charge on any atom is -0.347 e. The zero-order chi connectivity index (χ0) is 16.2. The fraction of sp³-hybridized carbons (Fsp3) is 0.118. The molecule has 0 aliphatic carbocycles. The standard InChI is InChI=1S/C17H14FN3OS/c1-11-21-15(16(23-11)13-5-2-6-14(18)8-13)17(22)20-10-12-4-3-7-19-9-12/h2-9H,10H2,1H3,(H,20,22). The zero-order valence-electron chi connectivity index (χ0n) is 12.4. The summed E-state index contributed by atoms with van der Waals surface area (Å²) in [7, 11) is 0. The summed E-state index contributed by atoms with van der Waals surface area (Å²) in [5.74, 6) is -0.618. The lowest BCUT2D eigenvalue weighted by atomic mass is 10.1. The molecule has 2 aromatic heterocycles. The summed E-state index contributed by atoms with van der Waals surface area (Å²) < 4.78 is 13.4. The van der Waals surface area contributed by atoms with Gasteiger partial charge in [-0.2, -0.15) is 0 Å². The molecule has 1 amide bonds. The van der Waals surface area contributed by atoms with Crippen LogP contribution in [0.25, 0.3) is 10.4 Å². The van der Waals surface area contributed by atoms with Gasteiger partial charge in [0.25, 0.3) is 5.91 Å². The summed E-state index contributed by atoms with van der Waals surface area (Å²) in [5.41, 5.74) is 1.88. The average Bonchev–Trinajstić information content (AvgIpc) is 2.96. The van der Waals surface area contributed by atoms with Crippen LogP contribution < -0.4 is 5.32 Å². The Morgan fingerprint density at radius 2 is 2.17 bits per heavy atom. The van der Waals surface area contributed by atoms with Crippen LogP contribution in [0.2, 0.25) is 0 Å². The third-order valence-electron chi connectivity index (χ3n) is 3.21. The SMILES string of the molecule is Cc1nc(C(=O)NCc2cccnc2)c(-c2cccc(F)c2)s1. The number of hydrogen-bond donors (Lipinski definition) is 1. The Morgan fingerprint density at radius 3 is 2.91 bits per heavy atom. The minimum atomic E-state index is -0.338. The third-order valence-corrected chi connectivity index (χ3v) is 4.23. The number of thiazole rings is 1. The summed E-state index contributed by atoms with van der Waals surface area (Å²) in [6.45, 7) is 2.19. The van der Waals surface area contributed by atoms with E-state index in [2.05, 4.69) is 15.3 Å². The van der Waals surface area contributed by atoms with Gasteiger partial charge in [-0.15, -0.1) is 11.3 Å². The highest BCUT2D eigenvalue weighted by molar-refractivity contribution is 7.15. The first kappa shape index (κ1) is 15.3. The fourth-order valence-electron chi connectivity index (χ4n) is 2.18. The number of pyridine rings is 1. The van der Waals surface area contributed by atoms with Gasteiger partial charge in [-0.1, -0.05) is 18.2 Å². The van der Waals surface area contributed by atoms with Crippen LogP contribution in [0.5, 0.6) is 0 Å². The van der Waals surface area contributed by atoms with E-state index < -0.39 is 0 Å². The molecule has 0 saturated heterocycles. The van der Waals surface area contributed by atoms with E-state index in [9.17, 15) is 9.18 Å². The van der Waals surface area contributed by atoms with Gasteiger partial charge in [0.2, 0.25) is 0 Å². The maximum Gasteiger partial charge on any atom is 0.271 e. The van der Waals surface area contributed by atoms with E-state index in [0.29, 0.717) is 22.7 Å². The number of hydrogen-bond acceptors (Lipinski definition) is 4. The summed E-state index contributed by atoms with van der Waals surface area (Å²) in [6, 6.07) is 9.87. The van der Waals surface area contributed by atoms with Crippen molar-refractivity contribution in [1.29, 1.82) is 0 Å². The second-order valence-electron chi connectivity index (χ2n) is 4.96. The maximum absolute atomic E-state index is 13.4. The smallest absolute Gasteiger partial charge is 0.271 e. The van der Waals surface area contributed by atoms with Gasteiger partial charge in [-0.3, -0.25) is 9.78 Å². The topological polar surface area (TPSA) is 54.9 Å². The van der Waals surface area contributed by atoms with Gasteiger partial charge in [-0.05, 0) is 36.2 Å². The number of aryl methyl sites for hydroxylation is 1. The van der Waals surface area contributed by atoms with Crippen molar-refractivity contribution in [2.75, 3.05) is 0 Å². The fourth-order valence-corrected chi connectivity index (χ4v) is 3.09. The van der Waals surface area contributed by atoms with Crippen molar-refractivity contribution in [3.05, 3.63) is 70.9 Å². The van der Waals surface area contributed by atoms with E-state index in [1.165, 1.54) is 23.5 Å². The molecule has 0 aliphatic rings. The number of carbonyl (C=O) groups excluding carboxylic acids is 1. The largest absolute Gasteiger partial charge is 0.347 e. The van der Waals surface area contributed by atoms with Crippen LogP contribution in [-0.4, -0.2) is 15.9 Å². The Hall–Kier alpha value is -2.60. The number of aromatic nitrogens is 2. The Bertz CT molecular complexity index is 833. The van der Waals surface area contributed by atoms with E-state index in [-0.39, 0.29) is 11.7 Å². The zero-order valence-corrected chi connectivity index (χ0v) is 13.2. The van der Waals surface area contributed by atoms with Crippen LogP contribution in [0.15, 0.2) is 48.8 Å². The first-order valence-corrected chi connectivity index (χ1v) is 7.85. The van der Waals surface area contributed by atoms with Gasteiger partial charge < -0.3 is 5.32 Å². The van der Waals surface area contributed by atoms with Crippen molar-refractivity contribution < 1.29 is 9.18 Å². The van der Waals surface area contributed by atoms with Crippen LogP contribution in [0.3, 0.4) is 0 Å². The lowest BCUT2D eigenvalue weighted by Crippen LogP contribution is -2.23. The molecule has 4 nitrogen and oxygen atoms in total. The number of amides is 1. The lowest BCUT2D eigenvalue weighted by Gasteiger charge is -2.05. The Morgan fingerprint density at radius 1 is 1.30 bits per heavy atom. The van der Waals surface area contributed by atoms with Crippen LogP contribution in [0.4, 0.5) is 4.39 Å². The molecule has 0 spiro atoms. The number of rotatable bonds is 4. The highest BCUT2D eigenvalue weighted by Crippen LogP contribution is 2.30. The van der Waals surface area contributed by atoms with Gasteiger partial charge in [0.05, 0.1) is 9.88 Å². The highest BCUT2D eigenvalue weighted by atomic mass is 32.1. The van der Waals surface area contributed by atoms with E-state index in [1.807, 2.05) is 19.1 Å². The predicted molar refractivity (Wildman–Crippen MR) is 87.7 cm³/mol. The van der Waals surface area contributed by atoms with E-state index >= 15 is 0 Å². The number of halogens is 1. The normalized spacial score (nSPS) is 10.5. The third kappa shape index (κ3) is 3.60. The molecule has 6 heteroatoms. The number of nitrogens with one attached hydrogen (secondary N) is 1. The van der Waals surface area contributed by atoms with Crippen molar-refractivity contribution in [2.45, 2.75) is 13.5 Å². The molecule has 1 aromatic carbocycles. The maximum atomic E-state index is 13.4. The molecule has 116 valence electrons. The Kier molecular flexibility index (Phi) is 4.43.